The Kier molecular flexibility index (Phi) is 8.55. The zero-order valence-electron chi connectivity index (χ0n) is 25.2. The van der Waals surface area contributed by atoms with Gasteiger partial charge < -0.3 is 14.5 Å². The van der Waals surface area contributed by atoms with Crippen LogP contribution in [-0.2, 0) is 16.1 Å². The molecule has 0 bridgehead atoms. The Hall–Kier alpha value is -4.58. The number of nitrogens with zero attached hydrogens (tertiary/aromatic N) is 6. The van der Waals surface area contributed by atoms with Crippen LogP contribution in [0.5, 0.6) is 0 Å². The van der Waals surface area contributed by atoms with Gasteiger partial charge in [0.25, 0.3) is 0 Å². The summed E-state index contributed by atoms with van der Waals surface area (Å²) < 4.78 is 52.4. The van der Waals surface area contributed by atoms with Crippen molar-refractivity contribution in [1.82, 2.24) is 24.4 Å². The lowest BCUT2D eigenvalue weighted by molar-refractivity contribution is -0.126. The first-order valence-corrected chi connectivity index (χ1v) is 14.2. The molecule has 4 heterocycles. The van der Waals surface area contributed by atoms with Crippen molar-refractivity contribution in [3.63, 3.8) is 0 Å². The molecule has 44 heavy (non-hydrogen) atoms. The Balaban J connectivity index is 1.85. The Labute approximate surface area is 252 Å². The van der Waals surface area contributed by atoms with Crippen LogP contribution in [0, 0.1) is 24.4 Å². The van der Waals surface area contributed by atoms with E-state index in [2.05, 4.69) is 21.5 Å². The molecule has 230 valence electrons. The number of benzene rings is 1. The largest absolute Gasteiger partial charge is 0.380 e. The lowest BCUT2D eigenvalue weighted by Gasteiger charge is -2.40. The van der Waals surface area contributed by atoms with E-state index in [0.29, 0.717) is 36.6 Å². The molecule has 1 amide bonds. The Morgan fingerprint density at radius 2 is 1.91 bits per heavy atom. The van der Waals surface area contributed by atoms with Crippen molar-refractivity contribution in [3.05, 3.63) is 87.9 Å². The van der Waals surface area contributed by atoms with Crippen LogP contribution in [0.1, 0.15) is 43.5 Å². The number of pyridine rings is 2. The zero-order valence-corrected chi connectivity index (χ0v) is 25.2. The topological polar surface area (TPSA) is 93.5 Å². The summed E-state index contributed by atoms with van der Waals surface area (Å²) in [5.41, 5.74) is 0.288. The number of fused-ring (bicyclic) bond motifs is 1. The fourth-order valence-corrected chi connectivity index (χ4v) is 5.71. The molecule has 1 saturated heterocycles. The predicted octanol–water partition coefficient (Wildman–Crippen LogP) is 5.06. The highest BCUT2D eigenvalue weighted by Gasteiger charge is 2.31. The first-order valence-electron chi connectivity index (χ1n) is 14.2. The first kappa shape index (κ1) is 30.9. The van der Waals surface area contributed by atoms with Crippen LogP contribution in [0.3, 0.4) is 0 Å². The number of halogens is 3. The molecule has 5 rings (SSSR count). The number of hydrogen-bond donors (Lipinski definition) is 0. The monoisotopic (exact) mass is 606 g/mol. The van der Waals surface area contributed by atoms with Gasteiger partial charge in [0, 0.05) is 44.5 Å². The van der Waals surface area contributed by atoms with Gasteiger partial charge in [-0.3, -0.25) is 9.78 Å². The molecule has 9 nitrogen and oxygen atoms in total. The summed E-state index contributed by atoms with van der Waals surface area (Å²) in [5.74, 6) is -3.57. The molecular formula is C32H33F3N6O3. The minimum atomic E-state index is -1.29. The second kappa shape index (κ2) is 12.2. The summed E-state index contributed by atoms with van der Waals surface area (Å²) in [5, 5.41) is 0.184. The number of carbonyl (C=O) groups is 1. The number of hydrogen-bond acceptors (Lipinski definition) is 7. The van der Waals surface area contributed by atoms with Crippen molar-refractivity contribution < 1.29 is 22.7 Å². The normalized spacial score (nSPS) is 15.3. The Morgan fingerprint density at radius 1 is 1.16 bits per heavy atom. The van der Waals surface area contributed by atoms with E-state index in [1.807, 2.05) is 25.7 Å². The fourth-order valence-electron chi connectivity index (χ4n) is 5.71. The predicted molar refractivity (Wildman–Crippen MR) is 161 cm³/mol. The molecule has 0 N–H and O–H groups in total. The standard InChI is InChI=1S/C32H33F3N6O3/c1-7-24(42)39-12-13-40(19(5)15-39)30-21-14-23(34)28(25-20(16-44-6)8-9-22(33)26(25)35)37-31(21)41(32(43)38-30)29-18(4)10-11-36-27(29)17(2)3/h7-11,14,17,19H,1,12-13,15-16H2,2-6H3/t19-/m0/s1. The van der Waals surface area contributed by atoms with Gasteiger partial charge in [0.2, 0.25) is 5.91 Å². The van der Waals surface area contributed by atoms with Crippen LogP contribution in [0.2, 0.25) is 0 Å². The highest BCUT2D eigenvalue weighted by molar-refractivity contribution is 5.91. The Morgan fingerprint density at radius 3 is 2.57 bits per heavy atom. The third-order valence-corrected chi connectivity index (χ3v) is 7.83. The number of rotatable bonds is 7. The van der Waals surface area contributed by atoms with E-state index in [-0.39, 0.29) is 46.9 Å². The van der Waals surface area contributed by atoms with E-state index < -0.39 is 34.4 Å². The summed E-state index contributed by atoms with van der Waals surface area (Å²) >= 11 is 0. The number of carbonyl (C=O) groups excluding carboxylic acids is 1. The first-order chi connectivity index (χ1) is 21.0. The molecular weight excluding hydrogens is 573 g/mol. The summed E-state index contributed by atoms with van der Waals surface area (Å²) in [6.07, 6.45) is 2.87. The number of amides is 1. The maximum absolute atomic E-state index is 16.1. The molecule has 0 spiro atoms. The summed E-state index contributed by atoms with van der Waals surface area (Å²) in [7, 11) is 1.38. The third-order valence-electron chi connectivity index (χ3n) is 7.83. The SMILES string of the molecule is C=CC(=O)N1CCN(c2nc(=O)n(-c3c(C)ccnc3C(C)C)c3nc(-c4c(COC)ccc(F)c4F)c(F)cc23)[C@@H](C)C1. The van der Waals surface area contributed by atoms with E-state index in [9.17, 15) is 14.0 Å². The van der Waals surface area contributed by atoms with Gasteiger partial charge in [0.15, 0.2) is 23.1 Å². The second-order valence-electron chi connectivity index (χ2n) is 11.1. The average molecular weight is 607 g/mol. The molecule has 4 aromatic rings. The van der Waals surface area contributed by atoms with Gasteiger partial charge in [-0.05, 0) is 55.2 Å². The molecule has 12 heteroatoms. The minimum Gasteiger partial charge on any atom is -0.380 e. The number of methoxy groups -OCH3 is 1. The van der Waals surface area contributed by atoms with Crippen LogP contribution in [-0.4, -0.2) is 63.1 Å². The molecule has 0 unspecified atom stereocenters. The van der Waals surface area contributed by atoms with Gasteiger partial charge in [-0.25, -0.2) is 27.5 Å². The summed E-state index contributed by atoms with van der Waals surface area (Å²) in [4.78, 5) is 43.2. The van der Waals surface area contributed by atoms with Crippen molar-refractivity contribution in [2.24, 2.45) is 0 Å². The quantitative estimate of drug-likeness (QED) is 0.272. The average Bonchev–Trinajstić information content (AvgIpc) is 2.99. The zero-order chi connectivity index (χ0) is 31.9. The van der Waals surface area contributed by atoms with Crippen molar-refractivity contribution in [2.45, 2.75) is 46.3 Å². The highest BCUT2D eigenvalue weighted by atomic mass is 19.2. The van der Waals surface area contributed by atoms with Gasteiger partial charge in [-0.2, -0.15) is 4.98 Å². The molecule has 1 aromatic carbocycles. The molecule has 0 aliphatic carbocycles. The van der Waals surface area contributed by atoms with E-state index >= 15 is 8.78 Å². The third kappa shape index (κ3) is 5.34. The van der Waals surface area contributed by atoms with Gasteiger partial charge in [-0.15, -0.1) is 0 Å². The van der Waals surface area contributed by atoms with E-state index in [0.717, 1.165) is 12.1 Å². The molecule has 3 aromatic heterocycles. The summed E-state index contributed by atoms with van der Waals surface area (Å²) in [6.45, 7) is 11.9. The van der Waals surface area contributed by atoms with Crippen LogP contribution in [0.25, 0.3) is 28.0 Å². The minimum absolute atomic E-state index is 0.00164. The van der Waals surface area contributed by atoms with Crippen molar-refractivity contribution >= 4 is 22.8 Å². The number of piperazine rings is 1. The molecule has 1 atom stereocenters. The second-order valence-corrected chi connectivity index (χ2v) is 11.1. The molecule has 0 saturated carbocycles. The highest BCUT2D eigenvalue weighted by Crippen LogP contribution is 2.35. The molecule has 0 radical (unpaired) electrons. The molecule has 1 fully saturated rings. The van der Waals surface area contributed by atoms with Gasteiger partial charge >= 0.3 is 5.69 Å². The number of ether oxygens (including phenoxy) is 1. The van der Waals surface area contributed by atoms with Gasteiger partial charge in [0.05, 0.1) is 23.4 Å². The lowest BCUT2D eigenvalue weighted by atomic mass is 10.0. The van der Waals surface area contributed by atoms with Crippen LogP contribution < -0.4 is 10.6 Å². The van der Waals surface area contributed by atoms with Crippen molar-refractivity contribution in [2.75, 3.05) is 31.6 Å². The van der Waals surface area contributed by atoms with Gasteiger partial charge in [-0.1, -0.05) is 26.5 Å². The lowest BCUT2D eigenvalue weighted by Crippen LogP contribution is -2.54. The Bertz CT molecular complexity index is 1840. The van der Waals surface area contributed by atoms with Crippen molar-refractivity contribution in [3.8, 4) is 16.9 Å². The van der Waals surface area contributed by atoms with E-state index in [4.69, 9.17) is 4.74 Å². The molecule has 1 aliphatic heterocycles. The van der Waals surface area contributed by atoms with Crippen LogP contribution in [0.15, 0.2) is 47.9 Å². The molecule has 1 aliphatic rings. The van der Waals surface area contributed by atoms with Crippen molar-refractivity contribution in [1.29, 1.82) is 0 Å². The van der Waals surface area contributed by atoms with Gasteiger partial charge in [0.1, 0.15) is 11.5 Å². The number of aryl methyl sites for hydroxylation is 1. The maximum atomic E-state index is 16.1. The van der Waals surface area contributed by atoms with Crippen LogP contribution in [0.4, 0.5) is 19.0 Å². The fraction of sp³-hybridized carbons (Fsp3) is 0.344. The van der Waals surface area contributed by atoms with Crippen LogP contribution >= 0.6 is 0 Å². The van der Waals surface area contributed by atoms with E-state index in [1.54, 1.807) is 24.1 Å². The smallest absolute Gasteiger partial charge is 0.355 e. The number of anilines is 1. The van der Waals surface area contributed by atoms with E-state index in [1.165, 1.54) is 23.8 Å². The summed E-state index contributed by atoms with van der Waals surface area (Å²) in [6, 6.07) is 4.82. The number of aromatic nitrogens is 4. The maximum Gasteiger partial charge on any atom is 0.355 e.